The molecule has 0 saturated heterocycles. The number of anilines is 1. The van der Waals surface area contributed by atoms with Gasteiger partial charge < -0.3 is 26.4 Å². The van der Waals surface area contributed by atoms with Gasteiger partial charge in [-0.1, -0.05) is 12.1 Å². The number of carbonyl (C=O) groups excluding carboxylic acids is 2. The molecule has 0 fully saturated rings. The minimum atomic E-state index is -4.97. The molecule has 0 saturated carbocycles. The molecule has 13 heteroatoms. The van der Waals surface area contributed by atoms with E-state index in [1.54, 1.807) is 30.6 Å². The molecule has 40 heavy (non-hydrogen) atoms. The number of alkyl halides is 3. The minimum Gasteiger partial charge on any atom is -0.403 e. The molecule has 9 nitrogen and oxygen atoms in total. The third-order valence-corrected chi connectivity index (χ3v) is 5.93. The number of hydrogen-bond donors (Lipinski definition) is 4. The number of ether oxygens (including phenoxy) is 1. The summed E-state index contributed by atoms with van der Waals surface area (Å²) in [5, 5.41) is 11.6. The van der Waals surface area contributed by atoms with E-state index in [1.807, 2.05) is 6.07 Å². The van der Waals surface area contributed by atoms with Crippen LogP contribution in [-0.2, 0) is 11.3 Å². The lowest BCUT2D eigenvalue weighted by Crippen LogP contribution is -2.29. The molecule has 0 unspecified atom stereocenters. The van der Waals surface area contributed by atoms with Crippen LogP contribution in [0.4, 0.5) is 23.4 Å². The van der Waals surface area contributed by atoms with E-state index in [9.17, 15) is 27.2 Å². The first-order valence-corrected chi connectivity index (χ1v) is 12.3. The van der Waals surface area contributed by atoms with Gasteiger partial charge in [0.15, 0.2) is 11.6 Å². The number of nitrogens with two attached hydrogens (primary N) is 1. The first kappa shape index (κ1) is 28.5. The Morgan fingerprint density at radius 3 is 2.55 bits per heavy atom. The van der Waals surface area contributed by atoms with E-state index in [0.717, 1.165) is 28.3 Å². The zero-order chi connectivity index (χ0) is 28.7. The van der Waals surface area contributed by atoms with E-state index in [4.69, 9.17) is 5.73 Å². The van der Waals surface area contributed by atoms with Crippen molar-refractivity contribution in [3.05, 3.63) is 71.8 Å². The Kier molecular flexibility index (Phi) is 8.94. The molecule has 4 aromatic rings. The summed E-state index contributed by atoms with van der Waals surface area (Å²) in [6.07, 6.45) is -0.797. The predicted molar refractivity (Wildman–Crippen MR) is 141 cm³/mol. The number of nitrogens with zero attached hydrogens (tertiary/aromatic N) is 2. The summed E-state index contributed by atoms with van der Waals surface area (Å²) >= 11 is 0. The van der Waals surface area contributed by atoms with Gasteiger partial charge in [0.1, 0.15) is 5.82 Å². The van der Waals surface area contributed by atoms with Crippen LogP contribution in [0.1, 0.15) is 28.8 Å². The monoisotopic (exact) mass is 558 g/mol. The maximum atomic E-state index is 13.8. The van der Waals surface area contributed by atoms with Crippen LogP contribution in [-0.4, -0.2) is 47.8 Å². The topological polar surface area (TPSA) is 131 Å². The lowest BCUT2D eigenvalue weighted by molar-refractivity contribution is -0.275. The van der Waals surface area contributed by atoms with Gasteiger partial charge in [-0.2, -0.15) is 0 Å². The zero-order valence-electron chi connectivity index (χ0n) is 21.1. The Hall–Kier alpha value is -4.52. The zero-order valence-corrected chi connectivity index (χ0v) is 21.1. The molecule has 210 valence electrons. The summed E-state index contributed by atoms with van der Waals surface area (Å²) in [5.41, 5.74) is 6.77. The van der Waals surface area contributed by atoms with Gasteiger partial charge in [0.25, 0.3) is 0 Å². The van der Waals surface area contributed by atoms with Gasteiger partial charge >= 0.3 is 6.36 Å². The molecule has 2 aromatic carbocycles. The van der Waals surface area contributed by atoms with Crippen molar-refractivity contribution in [2.24, 2.45) is 5.73 Å². The van der Waals surface area contributed by atoms with Crippen LogP contribution in [0.15, 0.2) is 54.9 Å². The van der Waals surface area contributed by atoms with E-state index < -0.39 is 23.8 Å². The molecule has 2 amide bonds. The van der Waals surface area contributed by atoms with E-state index in [1.165, 1.54) is 6.07 Å². The van der Waals surface area contributed by atoms with E-state index in [0.29, 0.717) is 48.5 Å². The predicted octanol–water partition coefficient (Wildman–Crippen LogP) is 4.02. The molecule has 0 radical (unpaired) electrons. The Morgan fingerprint density at radius 1 is 0.975 bits per heavy atom. The number of fused-ring (bicyclic) bond motifs is 3. The van der Waals surface area contributed by atoms with Crippen molar-refractivity contribution in [2.45, 2.75) is 25.7 Å². The normalized spacial score (nSPS) is 11.5. The fraction of sp³-hybridized carbons (Fsp3) is 0.259. The molecule has 0 aliphatic rings. The molecule has 0 atom stereocenters. The maximum Gasteiger partial charge on any atom is 0.573 e. The average molecular weight is 559 g/mol. The molecule has 5 N–H and O–H groups in total. The molecule has 0 bridgehead atoms. The van der Waals surface area contributed by atoms with Crippen LogP contribution in [0.25, 0.3) is 21.7 Å². The summed E-state index contributed by atoms with van der Waals surface area (Å²) in [6.45, 7) is 1.39. The van der Waals surface area contributed by atoms with Crippen LogP contribution >= 0.6 is 0 Å². The van der Waals surface area contributed by atoms with Crippen LogP contribution < -0.4 is 26.4 Å². The number of carbonyl (C=O) groups is 2. The molecule has 4 rings (SSSR count). The Labute approximate surface area is 226 Å². The third-order valence-electron chi connectivity index (χ3n) is 5.93. The van der Waals surface area contributed by atoms with Crippen molar-refractivity contribution in [3.8, 4) is 5.75 Å². The summed E-state index contributed by atoms with van der Waals surface area (Å²) in [4.78, 5) is 32.6. The summed E-state index contributed by atoms with van der Waals surface area (Å²) in [7, 11) is 0. The Balaban J connectivity index is 1.20. The summed E-state index contributed by atoms with van der Waals surface area (Å²) < 4.78 is 54.1. The lowest BCUT2D eigenvalue weighted by Gasteiger charge is -2.12. The van der Waals surface area contributed by atoms with Crippen LogP contribution in [0.5, 0.6) is 5.75 Å². The van der Waals surface area contributed by atoms with E-state index in [2.05, 4.69) is 30.7 Å². The van der Waals surface area contributed by atoms with Gasteiger partial charge in [-0.15, -0.1) is 13.2 Å². The fourth-order valence-electron chi connectivity index (χ4n) is 4.04. The van der Waals surface area contributed by atoms with Crippen LogP contribution in [0.2, 0.25) is 0 Å². The van der Waals surface area contributed by atoms with Gasteiger partial charge in [-0.05, 0) is 42.3 Å². The van der Waals surface area contributed by atoms with Gasteiger partial charge in [0.2, 0.25) is 11.8 Å². The highest BCUT2D eigenvalue weighted by Crippen LogP contribution is 2.29. The molecule has 0 spiro atoms. The van der Waals surface area contributed by atoms with Gasteiger partial charge in [0, 0.05) is 66.7 Å². The van der Waals surface area contributed by atoms with E-state index in [-0.39, 0.29) is 18.9 Å². The molecule has 0 aliphatic heterocycles. The number of aromatic nitrogens is 2. The van der Waals surface area contributed by atoms with Gasteiger partial charge in [-0.3, -0.25) is 14.6 Å². The Bertz CT molecular complexity index is 1530. The minimum absolute atomic E-state index is 0.164. The number of benzene rings is 2. The van der Waals surface area contributed by atoms with Crippen molar-refractivity contribution in [2.75, 3.05) is 25.0 Å². The van der Waals surface area contributed by atoms with E-state index >= 15 is 0 Å². The second-order valence-corrected chi connectivity index (χ2v) is 8.85. The number of halogens is 4. The first-order valence-electron chi connectivity index (χ1n) is 12.3. The van der Waals surface area contributed by atoms with Crippen molar-refractivity contribution in [1.82, 2.24) is 20.6 Å². The molecule has 0 aliphatic carbocycles. The second kappa shape index (κ2) is 12.6. The number of nitrogens with one attached hydrogen (secondary N) is 3. The standard InChI is InChI=1S/C27H26F4N6O3/c28-21-12-16(2-5-23(21)40-27(29,30)31)14-33-11-7-24(38)35-8-1-9-36-26-19-6-10-34-15-20(19)18-4-3-17(25(32)39)13-22(18)37-26/h2-6,10,12-13,15,33H,1,7-9,11,14H2,(H2,32,39)(H,35,38)(H,36,37). The number of rotatable bonds is 12. The molecule has 2 heterocycles. The SMILES string of the molecule is NC(=O)c1ccc2c(c1)nc(NCCCNC(=O)CCNCc1ccc(OC(F)(F)F)c(F)c1)c1ccncc12. The number of hydrogen-bond acceptors (Lipinski definition) is 7. The van der Waals surface area contributed by atoms with Gasteiger partial charge in [-0.25, -0.2) is 9.37 Å². The van der Waals surface area contributed by atoms with Crippen molar-refractivity contribution in [1.29, 1.82) is 0 Å². The first-order chi connectivity index (χ1) is 19.1. The number of amides is 2. The van der Waals surface area contributed by atoms with Gasteiger partial charge in [0.05, 0.1) is 5.52 Å². The summed E-state index contributed by atoms with van der Waals surface area (Å²) in [6, 6.07) is 10.1. The largest absolute Gasteiger partial charge is 0.573 e. The molecular weight excluding hydrogens is 532 g/mol. The highest BCUT2D eigenvalue weighted by atomic mass is 19.4. The highest BCUT2D eigenvalue weighted by Gasteiger charge is 2.32. The Morgan fingerprint density at radius 2 is 1.80 bits per heavy atom. The number of pyridine rings is 2. The maximum absolute atomic E-state index is 13.8. The smallest absolute Gasteiger partial charge is 0.403 e. The average Bonchev–Trinajstić information content (AvgIpc) is 2.91. The lowest BCUT2D eigenvalue weighted by atomic mass is 10.1. The highest BCUT2D eigenvalue weighted by molar-refractivity contribution is 6.11. The number of primary amides is 1. The fourth-order valence-corrected chi connectivity index (χ4v) is 4.04. The molecule has 2 aromatic heterocycles. The van der Waals surface area contributed by atoms with Crippen molar-refractivity contribution < 1.29 is 31.9 Å². The third kappa shape index (κ3) is 7.53. The molecular formula is C27H26F4N6O3. The van der Waals surface area contributed by atoms with Crippen LogP contribution in [0.3, 0.4) is 0 Å². The summed E-state index contributed by atoms with van der Waals surface area (Å²) in [5.74, 6) is -2.13. The second-order valence-electron chi connectivity index (χ2n) is 8.85. The van der Waals surface area contributed by atoms with Crippen LogP contribution in [0, 0.1) is 5.82 Å². The van der Waals surface area contributed by atoms with Crippen molar-refractivity contribution >= 4 is 39.3 Å². The van der Waals surface area contributed by atoms with Crippen molar-refractivity contribution in [3.63, 3.8) is 0 Å². The quantitative estimate of drug-likeness (QED) is 0.117.